The van der Waals surface area contributed by atoms with E-state index in [2.05, 4.69) is 43.0 Å². The standard InChI is InChI=1S/C26H23F3/c1-2-17-5-10-20(11-6-17)21-12-7-18(8-13-21)3-4-19-9-14-23-22(15-19)16-24(27)26(29)25(23)28/h5-6,9-11,14-16,18,21H,2,7-8,12-13H2,1H3. The molecule has 3 aromatic rings. The predicted molar refractivity (Wildman–Crippen MR) is 111 cm³/mol. The van der Waals surface area contributed by atoms with Gasteiger partial charge >= 0.3 is 0 Å². The Hall–Kier alpha value is -2.73. The van der Waals surface area contributed by atoms with Crippen LogP contribution in [0.25, 0.3) is 10.8 Å². The van der Waals surface area contributed by atoms with Crippen LogP contribution >= 0.6 is 0 Å². The lowest BCUT2D eigenvalue weighted by molar-refractivity contribution is 0.384. The summed E-state index contributed by atoms with van der Waals surface area (Å²) in [5.41, 5.74) is 3.48. The van der Waals surface area contributed by atoms with E-state index in [1.54, 1.807) is 12.1 Å². The Morgan fingerprint density at radius 3 is 2.28 bits per heavy atom. The third kappa shape index (κ3) is 4.17. The van der Waals surface area contributed by atoms with E-state index in [4.69, 9.17) is 0 Å². The molecule has 1 aliphatic rings. The molecule has 3 aromatic carbocycles. The van der Waals surface area contributed by atoms with Crippen molar-refractivity contribution in [3.05, 3.63) is 82.7 Å². The normalized spacial score (nSPS) is 19.0. The summed E-state index contributed by atoms with van der Waals surface area (Å²) in [6.07, 6.45) is 5.41. The van der Waals surface area contributed by atoms with Crippen LogP contribution < -0.4 is 0 Å². The van der Waals surface area contributed by atoms with Crippen LogP contribution in [0.15, 0.2) is 48.5 Å². The molecule has 0 saturated heterocycles. The summed E-state index contributed by atoms with van der Waals surface area (Å²) in [5.74, 6) is 3.64. The molecule has 0 N–H and O–H groups in total. The molecule has 148 valence electrons. The predicted octanol–water partition coefficient (Wildman–Crippen LogP) is 7.15. The fourth-order valence-electron chi connectivity index (χ4n) is 4.16. The van der Waals surface area contributed by atoms with E-state index in [1.807, 2.05) is 0 Å². The minimum atomic E-state index is -1.43. The second-order valence-corrected chi connectivity index (χ2v) is 7.84. The molecule has 1 fully saturated rings. The number of fused-ring (bicyclic) bond motifs is 1. The van der Waals surface area contributed by atoms with Crippen LogP contribution in [0.2, 0.25) is 0 Å². The minimum absolute atomic E-state index is 0.0732. The minimum Gasteiger partial charge on any atom is -0.204 e. The summed E-state index contributed by atoms with van der Waals surface area (Å²) in [6.45, 7) is 2.17. The van der Waals surface area contributed by atoms with Gasteiger partial charge in [0, 0.05) is 16.9 Å². The molecule has 0 atom stereocenters. The maximum atomic E-state index is 13.8. The lowest BCUT2D eigenvalue weighted by Crippen LogP contribution is -2.12. The quantitative estimate of drug-likeness (QED) is 0.321. The van der Waals surface area contributed by atoms with E-state index in [9.17, 15) is 13.2 Å². The molecule has 4 rings (SSSR count). The SMILES string of the molecule is CCc1ccc(C2CCC(C#Cc3ccc4c(F)c(F)c(F)cc4c3)CC2)cc1. The molecule has 0 amide bonds. The number of halogens is 3. The van der Waals surface area contributed by atoms with E-state index in [-0.39, 0.29) is 5.39 Å². The molecule has 0 heterocycles. The Morgan fingerprint density at radius 1 is 0.862 bits per heavy atom. The number of hydrogen-bond donors (Lipinski definition) is 0. The number of benzene rings is 3. The molecule has 1 aliphatic carbocycles. The fourth-order valence-corrected chi connectivity index (χ4v) is 4.16. The highest BCUT2D eigenvalue weighted by Gasteiger charge is 2.21. The summed E-state index contributed by atoms with van der Waals surface area (Å²) in [6, 6.07) is 14.7. The first-order chi connectivity index (χ1) is 14.0. The van der Waals surface area contributed by atoms with E-state index >= 15 is 0 Å². The first-order valence-corrected chi connectivity index (χ1v) is 10.2. The summed E-state index contributed by atoms with van der Waals surface area (Å²) in [7, 11) is 0. The molecule has 0 aromatic heterocycles. The topological polar surface area (TPSA) is 0 Å². The highest BCUT2D eigenvalue weighted by Crippen LogP contribution is 2.35. The van der Waals surface area contributed by atoms with Crippen LogP contribution in [-0.4, -0.2) is 0 Å². The maximum absolute atomic E-state index is 13.8. The van der Waals surface area contributed by atoms with E-state index in [0.717, 1.165) is 38.2 Å². The molecule has 3 heteroatoms. The monoisotopic (exact) mass is 392 g/mol. The van der Waals surface area contributed by atoms with Crippen molar-refractivity contribution in [1.82, 2.24) is 0 Å². The first kappa shape index (κ1) is 19.6. The van der Waals surface area contributed by atoms with Crippen LogP contribution in [0.3, 0.4) is 0 Å². The van der Waals surface area contributed by atoms with Crippen LogP contribution in [0.5, 0.6) is 0 Å². The van der Waals surface area contributed by atoms with Crippen molar-refractivity contribution < 1.29 is 13.2 Å². The second-order valence-electron chi connectivity index (χ2n) is 7.84. The van der Waals surface area contributed by atoms with Gasteiger partial charge in [-0.3, -0.25) is 0 Å². The number of rotatable bonds is 2. The van der Waals surface area contributed by atoms with Crippen molar-refractivity contribution >= 4 is 10.8 Å². The summed E-state index contributed by atoms with van der Waals surface area (Å²) < 4.78 is 40.7. The zero-order chi connectivity index (χ0) is 20.4. The van der Waals surface area contributed by atoms with Gasteiger partial charge in [-0.25, -0.2) is 13.2 Å². The smallest absolute Gasteiger partial charge is 0.195 e. The molecular formula is C26H23F3. The highest BCUT2D eigenvalue weighted by molar-refractivity contribution is 5.84. The van der Waals surface area contributed by atoms with E-state index in [0.29, 0.717) is 22.8 Å². The summed E-state index contributed by atoms with van der Waals surface area (Å²) in [5, 5.41) is 0.400. The average Bonchev–Trinajstić information content (AvgIpc) is 2.76. The molecule has 29 heavy (non-hydrogen) atoms. The molecule has 0 unspecified atom stereocenters. The Bertz CT molecular complexity index is 1080. The Balaban J connectivity index is 1.44. The average molecular weight is 392 g/mol. The van der Waals surface area contributed by atoms with Crippen molar-refractivity contribution in [3.63, 3.8) is 0 Å². The van der Waals surface area contributed by atoms with Gasteiger partial charge in [-0.15, -0.1) is 0 Å². The maximum Gasteiger partial charge on any atom is 0.195 e. The third-order valence-corrected chi connectivity index (χ3v) is 5.98. The van der Waals surface area contributed by atoms with Crippen molar-refractivity contribution in [2.75, 3.05) is 0 Å². The lowest BCUT2D eigenvalue weighted by Gasteiger charge is -2.26. The van der Waals surface area contributed by atoms with Crippen LogP contribution in [0, 0.1) is 35.2 Å². The van der Waals surface area contributed by atoms with Gasteiger partial charge in [-0.1, -0.05) is 49.1 Å². The molecule has 1 saturated carbocycles. The van der Waals surface area contributed by atoms with Gasteiger partial charge in [-0.2, -0.15) is 0 Å². The summed E-state index contributed by atoms with van der Waals surface area (Å²) >= 11 is 0. The number of aryl methyl sites for hydroxylation is 1. The molecular weight excluding hydrogens is 369 g/mol. The van der Waals surface area contributed by atoms with Gasteiger partial charge in [0.2, 0.25) is 0 Å². The fraction of sp³-hybridized carbons (Fsp3) is 0.308. The van der Waals surface area contributed by atoms with E-state index < -0.39 is 17.5 Å². The van der Waals surface area contributed by atoms with Gasteiger partial charge < -0.3 is 0 Å². The Kier molecular flexibility index (Phi) is 5.62. The van der Waals surface area contributed by atoms with Gasteiger partial charge in [-0.05, 0) is 72.7 Å². The zero-order valence-electron chi connectivity index (χ0n) is 16.4. The van der Waals surface area contributed by atoms with Gasteiger partial charge in [0.05, 0.1) is 0 Å². The lowest BCUT2D eigenvalue weighted by atomic mass is 9.79. The highest BCUT2D eigenvalue weighted by atomic mass is 19.2. The molecule has 0 aliphatic heterocycles. The van der Waals surface area contributed by atoms with Crippen molar-refractivity contribution in [3.8, 4) is 11.8 Å². The van der Waals surface area contributed by atoms with Crippen molar-refractivity contribution in [2.24, 2.45) is 5.92 Å². The first-order valence-electron chi connectivity index (χ1n) is 10.2. The third-order valence-electron chi connectivity index (χ3n) is 5.98. The molecule has 0 nitrogen and oxygen atoms in total. The van der Waals surface area contributed by atoms with Crippen molar-refractivity contribution in [1.29, 1.82) is 0 Å². The van der Waals surface area contributed by atoms with Gasteiger partial charge in [0.25, 0.3) is 0 Å². The van der Waals surface area contributed by atoms with Gasteiger partial charge in [0.1, 0.15) is 0 Å². The van der Waals surface area contributed by atoms with Gasteiger partial charge in [0.15, 0.2) is 17.5 Å². The zero-order valence-corrected chi connectivity index (χ0v) is 16.4. The summed E-state index contributed by atoms with van der Waals surface area (Å²) in [4.78, 5) is 0. The Morgan fingerprint density at radius 2 is 1.59 bits per heavy atom. The molecule has 0 spiro atoms. The second kappa shape index (κ2) is 8.33. The largest absolute Gasteiger partial charge is 0.204 e. The van der Waals surface area contributed by atoms with E-state index in [1.165, 1.54) is 17.2 Å². The van der Waals surface area contributed by atoms with Crippen LogP contribution in [-0.2, 0) is 6.42 Å². The van der Waals surface area contributed by atoms with Crippen LogP contribution in [0.1, 0.15) is 55.2 Å². The van der Waals surface area contributed by atoms with Crippen LogP contribution in [0.4, 0.5) is 13.2 Å². The van der Waals surface area contributed by atoms with Crippen molar-refractivity contribution in [2.45, 2.75) is 44.9 Å². The molecule has 0 radical (unpaired) electrons. The number of hydrogen-bond acceptors (Lipinski definition) is 0. The Labute approximate surface area is 169 Å². The molecule has 0 bridgehead atoms.